The lowest BCUT2D eigenvalue weighted by molar-refractivity contribution is 0.502. The van der Waals surface area contributed by atoms with Gasteiger partial charge in [0.1, 0.15) is 5.01 Å². The standard InChI is InChI=1S/C13H12F2N2S/c14-10-4-1-8(7-11(10)15)12(17-9-2-3-9)13-16-5-6-18-13/h1,4-7,9,12,17H,2-3H2. The molecule has 0 bridgehead atoms. The summed E-state index contributed by atoms with van der Waals surface area (Å²) in [5.74, 6) is -1.63. The monoisotopic (exact) mass is 266 g/mol. The van der Waals surface area contributed by atoms with Crippen LogP contribution in [0.15, 0.2) is 29.8 Å². The Balaban J connectivity index is 1.93. The van der Waals surface area contributed by atoms with Gasteiger partial charge in [-0.25, -0.2) is 13.8 Å². The molecule has 5 heteroatoms. The number of halogens is 2. The van der Waals surface area contributed by atoms with Crippen LogP contribution in [0, 0.1) is 11.6 Å². The molecule has 1 heterocycles. The van der Waals surface area contributed by atoms with Crippen LogP contribution in [-0.2, 0) is 0 Å². The van der Waals surface area contributed by atoms with E-state index in [2.05, 4.69) is 10.3 Å². The summed E-state index contributed by atoms with van der Waals surface area (Å²) in [6.45, 7) is 0. The summed E-state index contributed by atoms with van der Waals surface area (Å²) in [4.78, 5) is 4.27. The van der Waals surface area contributed by atoms with Gasteiger partial charge in [-0.05, 0) is 30.5 Å². The Morgan fingerprint density at radius 2 is 2.11 bits per heavy atom. The van der Waals surface area contributed by atoms with Crippen molar-refractivity contribution in [2.45, 2.75) is 24.9 Å². The average molecular weight is 266 g/mol. The largest absolute Gasteiger partial charge is 0.301 e. The van der Waals surface area contributed by atoms with E-state index in [0.29, 0.717) is 6.04 Å². The normalized spacial score (nSPS) is 16.8. The molecule has 1 aliphatic carbocycles. The fourth-order valence-corrected chi connectivity index (χ4v) is 2.59. The van der Waals surface area contributed by atoms with E-state index in [0.717, 1.165) is 23.4 Å². The minimum absolute atomic E-state index is 0.146. The van der Waals surface area contributed by atoms with Crippen LogP contribution in [0.1, 0.15) is 29.5 Å². The minimum Gasteiger partial charge on any atom is -0.301 e. The van der Waals surface area contributed by atoms with Gasteiger partial charge < -0.3 is 5.32 Å². The van der Waals surface area contributed by atoms with Gasteiger partial charge in [-0.3, -0.25) is 0 Å². The Morgan fingerprint density at radius 3 is 2.72 bits per heavy atom. The third-order valence-electron chi connectivity index (χ3n) is 2.96. The predicted octanol–water partition coefficient (Wildman–Crippen LogP) is 3.26. The lowest BCUT2D eigenvalue weighted by Gasteiger charge is -2.16. The van der Waals surface area contributed by atoms with Crippen molar-refractivity contribution < 1.29 is 8.78 Å². The first-order valence-electron chi connectivity index (χ1n) is 5.84. The summed E-state index contributed by atoms with van der Waals surface area (Å²) in [6, 6.07) is 4.34. The lowest BCUT2D eigenvalue weighted by Crippen LogP contribution is -2.24. The van der Waals surface area contributed by atoms with Crippen LogP contribution in [-0.4, -0.2) is 11.0 Å². The Bertz CT molecular complexity index is 538. The molecule has 2 nitrogen and oxygen atoms in total. The molecule has 94 valence electrons. The Hall–Kier alpha value is -1.33. The van der Waals surface area contributed by atoms with E-state index < -0.39 is 11.6 Å². The first-order chi connectivity index (χ1) is 8.74. The topological polar surface area (TPSA) is 24.9 Å². The van der Waals surface area contributed by atoms with Crippen molar-refractivity contribution in [2.75, 3.05) is 0 Å². The smallest absolute Gasteiger partial charge is 0.159 e. The number of benzene rings is 1. The van der Waals surface area contributed by atoms with Crippen molar-refractivity contribution in [3.05, 3.63) is 52.0 Å². The lowest BCUT2D eigenvalue weighted by atomic mass is 10.1. The van der Waals surface area contributed by atoms with Crippen LogP contribution in [0.3, 0.4) is 0 Å². The molecule has 3 rings (SSSR count). The first kappa shape index (κ1) is 11.7. The third-order valence-corrected chi connectivity index (χ3v) is 3.80. The molecule has 0 spiro atoms. The Kier molecular flexibility index (Phi) is 3.09. The number of aromatic nitrogens is 1. The van der Waals surface area contributed by atoms with Crippen LogP contribution in [0.25, 0.3) is 0 Å². The second kappa shape index (κ2) is 4.74. The summed E-state index contributed by atoms with van der Waals surface area (Å²) in [7, 11) is 0. The zero-order valence-corrected chi connectivity index (χ0v) is 10.4. The molecule has 1 aromatic carbocycles. The molecule has 0 aliphatic heterocycles. The summed E-state index contributed by atoms with van der Waals surface area (Å²) in [6.07, 6.45) is 3.98. The van der Waals surface area contributed by atoms with Gasteiger partial charge in [-0.2, -0.15) is 0 Å². The van der Waals surface area contributed by atoms with Crippen molar-refractivity contribution in [3.63, 3.8) is 0 Å². The maximum Gasteiger partial charge on any atom is 0.159 e. The van der Waals surface area contributed by atoms with Crippen LogP contribution < -0.4 is 5.32 Å². The molecular weight excluding hydrogens is 254 g/mol. The Morgan fingerprint density at radius 1 is 1.28 bits per heavy atom. The minimum atomic E-state index is -0.817. The number of hydrogen-bond acceptors (Lipinski definition) is 3. The molecule has 1 unspecified atom stereocenters. The second-order valence-electron chi connectivity index (χ2n) is 4.42. The molecule has 18 heavy (non-hydrogen) atoms. The van der Waals surface area contributed by atoms with Crippen molar-refractivity contribution in [1.29, 1.82) is 0 Å². The second-order valence-corrected chi connectivity index (χ2v) is 5.34. The first-order valence-corrected chi connectivity index (χ1v) is 6.72. The molecule has 0 amide bonds. The van der Waals surface area contributed by atoms with Gasteiger partial charge in [0.05, 0.1) is 6.04 Å². The van der Waals surface area contributed by atoms with E-state index in [1.165, 1.54) is 23.5 Å². The van der Waals surface area contributed by atoms with Gasteiger partial charge in [0.2, 0.25) is 0 Å². The number of rotatable bonds is 4. The van der Waals surface area contributed by atoms with Gasteiger partial charge >= 0.3 is 0 Å². The van der Waals surface area contributed by atoms with E-state index in [1.807, 2.05) is 5.38 Å². The van der Waals surface area contributed by atoms with Crippen molar-refractivity contribution >= 4 is 11.3 Å². The highest BCUT2D eigenvalue weighted by Crippen LogP contribution is 2.30. The highest BCUT2D eigenvalue weighted by Gasteiger charge is 2.27. The quantitative estimate of drug-likeness (QED) is 0.918. The molecule has 2 aromatic rings. The molecule has 1 fully saturated rings. The van der Waals surface area contributed by atoms with Crippen LogP contribution in [0.4, 0.5) is 8.78 Å². The van der Waals surface area contributed by atoms with Gasteiger partial charge in [-0.15, -0.1) is 11.3 Å². The summed E-state index contributed by atoms with van der Waals surface area (Å²) < 4.78 is 26.3. The molecule has 0 radical (unpaired) electrons. The number of thiazole rings is 1. The zero-order valence-electron chi connectivity index (χ0n) is 9.57. The summed E-state index contributed by atoms with van der Waals surface area (Å²) >= 11 is 1.52. The number of hydrogen-bond donors (Lipinski definition) is 1. The maximum absolute atomic E-state index is 13.3. The Labute approximate surface area is 108 Å². The number of nitrogens with zero attached hydrogens (tertiary/aromatic N) is 1. The van der Waals surface area contributed by atoms with E-state index in [-0.39, 0.29) is 6.04 Å². The van der Waals surface area contributed by atoms with E-state index >= 15 is 0 Å². The van der Waals surface area contributed by atoms with E-state index in [1.54, 1.807) is 12.3 Å². The highest BCUT2D eigenvalue weighted by atomic mass is 32.1. The maximum atomic E-state index is 13.3. The van der Waals surface area contributed by atoms with Gasteiger partial charge in [0.15, 0.2) is 11.6 Å². The highest BCUT2D eigenvalue weighted by molar-refractivity contribution is 7.09. The SMILES string of the molecule is Fc1ccc(C(NC2CC2)c2nccs2)cc1F. The fourth-order valence-electron chi connectivity index (χ4n) is 1.86. The molecule has 0 saturated heterocycles. The predicted molar refractivity (Wildman–Crippen MR) is 66.5 cm³/mol. The van der Waals surface area contributed by atoms with E-state index in [9.17, 15) is 8.78 Å². The van der Waals surface area contributed by atoms with Crippen molar-refractivity contribution in [1.82, 2.24) is 10.3 Å². The van der Waals surface area contributed by atoms with Crippen LogP contribution >= 0.6 is 11.3 Å². The summed E-state index contributed by atoms with van der Waals surface area (Å²) in [5.41, 5.74) is 0.718. The fraction of sp³-hybridized carbons (Fsp3) is 0.308. The van der Waals surface area contributed by atoms with E-state index in [4.69, 9.17) is 0 Å². The van der Waals surface area contributed by atoms with Crippen LogP contribution in [0.2, 0.25) is 0 Å². The van der Waals surface area contributed by atoms with Crippen LogP contribution in [0.5, 0.6) is 0 Å². The average Bonchev–Trinajstić information content (AvgIpc) is 3.02. The zero-order chi connectivity index (χ0) is 12.5. The van der Waals surface area contributed by atoms with Crippen molar-refractivity contribution in [3.8, 4) is 0 Å². The van der Waals surface area contributed by atoms with Gasteiger partial charge in [0, 0.05) is 17.6 Å². The molecule has 1 aromatic heterocycles. The molecule has 1 aliphatic rings. The molecule has 1 saturated carbocycles. The number of nitrogens with one attached hydrogen (secondary N) is 1. The molecule has 1 N–H and O–H groups in total. The summed E-state index contributed by atoms with van der Waals surface area (Å²) in [5, 5.41) is 6.18. The van der Waals surface area contributed by atoms with Crippen molar-refractivity contribution in [2.24, 2.45) is 0 Å². The molecular formula is C13H12F2N2S. The third kappa shape index (κ3) is 2.42. The van der Waals surface area contributed by atoms with Gasteiger partial charge in [0.25, 0.3) is 0 Å². The molecule has 1 atom stereocenters. The van der Waals surface area contributed by atoms with Gasteiger partial charge in [-0.1, -0.05) is 6.07 Å².